The fourth-order valence-electron chi connectivity index (χ4n) is 2.42. The van der Waals surface area contributed by atoms with Gasteiger partial charge in [-0.25, -0.2) is 0 Å². The van der Waals surface area contributed by atoms with Gasteiger partial charge in [0.1, 0.15) is 0 Å². The summed E-state index contributed by atoms with van der Waals surface area (Å²) in [5.41, 5.74) is 4.41. The van der Waals surface area contributed by atoms with Crippen molar-refractivity contribution in [3.8, 4) is 0 Å². The predicted molar refractivity (Wildman–Crippen MR) is 69.9 cm³/mol. The highest BCUT2D eigenvalue weighted by Gasteiger charge is 2.13. The van der Waals surface area contributed by atoms with Crippen molar-refractivity contribution in [1.82, 2.24) is 4.90 Å². The van der Waals surface area contributed by atoms with E-state index in [0.29, 0.717) is 0 Å². The molecule has 0 unspecified atom stereocenters. The Bertz CT molecular complexity index is 343. The van der Waals surface area contributed by atoms with Crippen molar-refractivity contribution in [1.29, 1.82) is 0 Å². The maximum atomic E-state index is 3.49. The summed E-state index contributed by atoms with van der Waals surface area (Å²) < 4.78 is 0. The van der Waals surface area contributed by atoms with Gasteiger partial charge in [0.15, 0.2) is 0 Å². The molecule has 0 atom stereocenters. The summed E-state index contributed by atoms with van der Waals surface area (Å²) >= 11 is 0. The normalized spacial score (nSPS) is 14.7. The zero-order chi connectivity index (χ0) is 11.4. The average Bonchev–Trinajstić information content (AvgIpc) is 2.36. The van der Waals surface area contributed by atoms with Crippen molar-refractivity contribution >= 4 is 5.69 Å². The van der Waals surface area contributed by atoms with Gasteiger partial charge in [-0.15, -0.1) is 0 Å². The first-order chi connectivity index (χ1) is 7.85. The molecule has 88 valence electrons. The minimum Gasteiger partial charge on any atom is -0.385 e. The standard InChI is InChI=1S/C14H22N2/c1-3-16(4-2)11-12-7-5-9-14-13(12)8-6-10-15-14/h5,7,9,15H,3-4,6,8,10-11H2,1-2H3. The summed E-state index contributed by atoms with van der Waals surface area (Å²) in [4.78, 5) is 2.48. The van der Waals surface area contributed by atoms with Crippen LogP contribution in [0.1, 0.15) is 31.4 Å². The fourth-order valence-corrected chi connectivity index (χ4v) is 2.42. The van der Waals surface area contributed by atoms with Crippen molar-refractivity contribution < 1.29 is 0 Å². The summed E-state index contributed by atoms with van der Waals surface area (Å²) in [7, 11) is 0. The Morgan fingerprint density at radius 3 is 2.81 bits per heavy atom. The van der Waals surface area contributed by atoms with E-state index in [1.54, 1.807) is 5.56 Å². The topological polar surface area (TPSA) is 15.3 Å². The summed E-state index contributed by atoms with van der Waals surface area (Å²) in [5.74, 6) is 0. The number of rotatable bonds is 4. The van der Waals surface area contributed by atoms with Crippen molar-refractivity contribution in [2.75, 3.05) is 25.0 Å². The molecule has 2 rings (SSSR count). The lowest BCUT2D eigenvalue weighted by Crippen LogP contribution is -2.24. The van der Waals surface area contributed by atoms with Crippen LogP contribution in [0.25, 0.3) is 0 Å². The van der Waals surface area contributed by atoms with Crippen LogP contribution in [0.4, 0.5) is 5.69 Å². The van der Waals surface area contributed by atoms with E-state index < -0.39 is 0 Å². The van der Waals surface area contributed by atoms with Crippen LogP contribution in [0.5, 0.6) is 0 Å². The fraction of sp³-hybridized carbons (Fsp3) is 0.571. The first kappa shape index (κ1) is 11.5. The quantitative estimate of drug-likeness (QED) is 0.836. The maximum absolute atomic E-state index is 3.49. The van der Waals surface area contributed by atoms with E-state index in [0.717, 1.165) is 26.2 Å². The SMILES string of the molecule is CCN(CC)Cc1cccc2c1CCCN2. The van der Waals surface area contributed by atoms with Crippen molar-refractivity contribution in [2.24, 2.45) is 0 Å². The Balaban J connectivity index is 2.20. The number of fused-ring (bicyclic) bond motifs is 1. The zero-order valence-corrected chi connectivity index (χ0v) is 10.4. The molecule has 0 fully saturated rings. The molecule has 0 bridgehead atoms. The number of nitrogens with zero attached hydrogens (tertiary/aromatic N) is 1. The van der Waals surface area contributed by atoms with E-state index in [9.17, 15) is 0 Å². The van der Waals surface area contributed by atoms with Crippen molar-refractivity contribution in [3.05, 3.63) is 29.3 Å². The van der Waals surface area contributed by atoms with E-state index >= 15 is 0 Å². The van der Waals surface area contributed by atoms with Crippen LogP contribution < -0.4 is 5.32 Å². The summed E-state index contributed by atoms with van der Waals surface area (Å²) in [5, 5.41) is 3.49. The third-order valence-electron chi connectivity index (χ3n) is 3.48. The van der Waals surface area contributed by atoms with E-state index in [4.69, 9.17) is 0 Å². The lowest BCUT2D eigenvalue weighted by molar-refractivity contribution is 0.295. The second-order valence-corrected chi connectivity index (χ2v) is 4.43. The van der Waals surface area contributed by atoms with Crippen LogP contribution in [0.3, 0.4) is 0 Å². The van der Waals surface area contributed by atoms with Crippen LogP contribution in [-0.4, -0.2) is 24.5 Å². The molecule has 1 aromatic carbocycles. The van der Waals surface area contributed by atoms with Gasteiger partial charge in [0, 0.05) is 18.8 Å². The molecule has 0 radical (unpaired) electrons. The van der Waals surface area contributed by atoms with Gasteiger partial charge in [0.25, 0.3) is 0 Å². The highest BCUT2D eigenvalue weighted by atomic mass is 15.1. The molecular formula is C14H22N2. The molecule has 16 heavy (non-hydrogen) atoms. The van der Waals surface area contributed by atoms with Crippen LogP contribution in [-0.2, 0) is 13.0 Å². The predicted octanol–water partition coefficient (Wildman–Crippen LogP) is 2.89. The minimum absolute atomic E-state index is 1.10. The molecular weight excluding hydrogens is 196 g/mol. The molecule has 0 amide bonds. The smallest absolute Gasteiger partial charge is 0.0375 e. The Morgan fingerprint density at radius 1 is 1.25 bits per heavy atom. The summed E-state index contributed by atoms with van der Waals surface area (Å²) in [6.45, 7) is 8.95. The minimum atomic E-state index is 1.10. The number of hydrogen-bond acceptors (Lipinski definition) is 2. The summed E-state index contributed by atoms with van der Waals surface area (Å²) in [6, 6.07) is 6.67. The van der Waals surface area contributed by atoms with E-state index in [1.807, 2.05) is 0 Å². The molecule has 0 saturated carbocycles. The molecule has 1 heterocycles. The number of nitrogens with one attached hydrogen (secondary N) is 1. The Kier molecular flexibility index (Phi) is 3.83. The van der Waals surface area contributed by atoms with Gasteiger partial charge in [-0.3, -0.25) is 4.90 Å². The molecule has 2 heteroatoms. The maximum Gasteiger partial charge on any atom is 0.0375 e. The lowest BCUT2D eigenvalue weighted by atomic mass is 9.97. The second-order valence-electron chi connectivity index (χ2n) is 4.43. The average molecular weight is 218 g/mol. The van der Waals surface area contributed by atoms with Crippen LogP contribution >= 0.6 is 0 Å². The van der Waals surface area contributed by atoms with Gasteiger partial charge >= 0.3 is 0 Å². The Morgan fingerprint density at radius 2 is 2.06 bits per heavy atom. The van der Waals surface area contributed by atoms with Gasteiger partial charge in [-0.2, -0.15) is 0 Å². The van der Waals surface area contributed by atoms with Crippen LogP contribution in [0.15, 0.2) is 18.2 Å². The van der Waals surface area contributed by atoms with Crippen molar-refractivity contribution in [2.45, 2.75) is 33.2 Å². The zero-order valence-electron chi connectivity index (χ0n) is 10.4. The van der Waals surface area contributed by atoms with Gasteiger partial charge in [-0.05, 0) is 43.1 Å². The number of anilines is 1. The first-order valence-electron chi connectivity index (χ1n) is 6.42. The third-order valence-corrected chi connectivity index (χ3v) is 3.48. The Hall–Kier alpha value is -1.02. The first-order valence-corrected chi connectivity index (χ1v) is 6.42. The number of benzene rings is 1. The number of hydrogen-bond donors (Lipinski definition) is 1. The second kappa shape index (κ2) is 5.35. The van der Waals surface area contributed by atoms with Crippen molar-refractivity contribution in [3.63, 3.8) is 0 Å². The van der Waals surface area contributed by atoms with Gasteiger partial charge in [-0.1, -0.05) is 26.0 Å². The lowest BCUT2D eigenvalue weighted by Gasteiger charge is -2.24. The molecule has 1 aliphatic rings. The van der Waals surface area contributed by atoms with Crippen LogP contribution in [0, 0.1) is 0 Å². The summed E-state index contributed by atoms with van der Waals surface area (Å²) in [6.07, 6.45) is 2.50. The highest BCUT2D eigenvalue weighted by Crippen LogP contribution is 2.26. The van der Waals surface area contributed by atoms with Gasteiger partial charge < -0.3 is 5.32 Å². The largest absolute Gasteiger partial charge is 0.385 e. The van der Waals surface area contributed by atoms with E-state index in [-0.39, 0.29) is 0 Å². The highest BCUT2D eigenvalue weighted by molar-refractivity contribution is 5.56. The molecule has 1 aliphatic heterocycles. The molecule has 1 aromatic rings. The molecule has 1 N–H and O–H groups in total. The van der Waals surface area contributed by atoms with Crippen LogP contribution in [0.2, 0.25) is 0 Å². The molecule has 0 aliphatic carbocycles. The van der Waals surface area contributed by atoms with Gasteiger partial charge in [0.05, 0.1) is 0 Å². The van der Waals surface area contributed by atoms with E-state index in [2.05, 4.69) is 42.3 Å². The molecule has 0 spiro atoms. The molecule has 2 nitrogen and oxygen atoms in total. The molecule has 0 aromatic heterocycles. The van der Waals surface area contributed by atoms with E-state index in [1.165, 1.54) is 24.1 Å². The Labute approximate surface area is 98.7 Å². The van der Waals surface area contributed by atoms with Gasteiger partial charge in [0.2, 0.25) is 0 Å². The third kappa shape index (κ3) is 2.38. The molecule has 0 saturated heterocycles. The monoisotopic (exact) mass is 218 g/mol.